The number of anilines is 1. The quantitative estimate of drug-likeness (QED) is 0.0653. The molecule has 1 fully saturated rings. The Hall–Kier alpha value is -2.73. The second-order valence-corrected chi connectivity index (χ2v) is 16.0. The van der Waals surface area contributed by atoms with E-state index in [1.165, 1.54) is 18.2 Å². The van der Waals surface area contributed by atoms with Crippen LogP contribution in [0.25, 0.3) is 21.4 Å². The van der Waals surface area contributed by atoms with Crippen molar-refractivity contribution >= 4 is 106 Å². The first-order chi connectivity index (χ1) is 21.8. The third-order valence-electron chi connectivity index (χ3n) is 6.87. The number of carbonyl (C=O) groups is 3. The second kappa shape index (κ2) is 15.9. The number of carbonyl (C=O) groups excluding carboxylic acids is 3. The summed E-state index contributed by atoms with van der Waals surface area (Å²) >= 11 is 0.235. The summed E-state index contributed by atoms with van der Waals surface area (Å²) in [5.41, 5.74) is -1.01. The van der Waals surface area contributed by atoms with Crippen LogP contribution in [0.3, 0.4) is 0 Å². The molecule has 22 heteroatoms. The fraction of sp³-hybridized carbons (Fsp3) is 0.385. The zero-order chi connectivity index (χ0) is 34.7. The van der Waals surface area contributed by atoms with Gasteiger partial charge in [0.2, 0.25) is 0 Å². The maximum absolute atomic E-state index is 12.9. The molecule has 0 radical (unpaired) electrons. The molecule has 0 unspecified atom stereocenters. The molecular weight excluding hydrogens is 732 g/mol. The molecule has 258 valence electrons. The number of nitrogens with zero attached hydrogens (tertiary/aromatic N) is 2. The van der Waals surface area contributed by atoms with Crippen LogP contribution in [0.4, 0.5) is 5.69 Å². The molecule has 0 saturated carbocycles. The molecule has 17 nitrogen and oxygen atoms in total. The van der Waals surface area contributed by atoms with Crippen LogP contribution in [0.15, 0.2) is 48.6 Å². The van der Waals surface area contributed by atoms with Crippen LogP contribution in [-0.2, 0) is 49.6 Å². The van der Waals surface area contributed by atoms with Crippen LogP contribution in [0.2, 0.25) is 0 Å². The molecule has 3 heterocycles. The molecule has 1 saturated heterocycles. The zero-order valence-corrected chi connectivity index (χ0v) is 27.5. The predicted molar refractivity (Wildman–Crippen MR) is 171 cm³/mol. The van der Waals surface area contributed by atoms with Gasteiger partial charge in [-0.1, -0.05) is 6.42 Å². The standard InChI is InChI=1S/C26H28N2O15S4.Na.H/c29-21-8-9-22(30)28(21)43-23(31)5-2-1-3-10-27(11-4-12-45(33,34)35)17-7-6-16-13-18(26(32)42-19(16)14-17)25-20(46(36,37)38)15-24(44-25)47(39,40)41;;/h6-7,13-15H,1-5,8-12H2,(H,33,34,35)(H,36,37,38)(H,39,40,41);;. The van der Waals surface area contributed by atoms with Crippen LogP contribution < -0.4 is 10.5 Å². The SMILES string of the molecule is O=C(CCCCCN(CCCS(=O)(=O)O)c1ccc2cc(-c3sc(S(=O)(=O)O)cc3S(=O)(=O)O)c(=O)oc2c1)ON1C(=O)CCC1=O.[NaH]. The third kappa shape index (κ3) is 10.4. The summed E-state index contributed by atoms with van der Waals surface area (Å²) in [5, 5.41) is 0.725. The van der Waals surface area contributed by atoms with Crippen molar-refractivity contribution in [3.8, 4) is 10.4 Å². The van der Waals surface area contributed by atoms with E-state index >= 15 is 0 Å². The number of benzene rings is 1. The molecule has 1 aromatic carbocycles. The van der Waals surface area contributed by atoms with Gasteiger partial charge in [-0.05, 0) is 43.5 Å². The van der Waals surface area contributed by atoms with Crippen molar-refractivity contribution in [1.29, 1.82) is 0 Å². The number of hydrogen-bond acceptors (Lipinski definition) is 14. The van der Waals surface area contributed by atoms with E-state index in [0.717, 1.165) is 0 Å². The molecule has 0 bridgehead atoms. The number of fused-ring (bicyclic) bond motifs is 1. The van der Waals surface area contributed by atoms with Crippen molar-refractivity contribution in [3.05, 3.63) is 40.8 Å². The summed E-state index contributed by atoms with van der Waals surface area (Å²) < 4.78 is 102. The summed E-state index contributed by atoms with van der Waals surface area (Å²) in [6.07, 6.45) is 1.21. The minimum atomic E-state index is -5.02. The van der Waals surface area contributed by atoms with Gasteiger partial charge >= 0.3 is 51.3 Å². The number of rotatable bonds is 15. The van der Waals surface area contributed by atoms with E-state index in [2.05, 4.69) is 0 Å². The zero-order valence-electron chi connectivity index (χ0n) is 24.2. The molecule has 3 N–H and O–H groups in total. The molecule has 0 aliphatic carbocycles. The average molecular weight is 761 g/mol. The van der Waals surface area contributed by atoms with Crippen molar-refractivity contribution in [1.82, 2.24) is 5.06 Å². The Morgan fingerprint density at radius 2 is 1.52 bits per heavy atom. The molecule has 1 aliphatic heterocycles. The molecule has 1 aliphatic rings. The van der Waals surface area contributed by atoms with Gasteiger partial charge in [0.15, 0.2) is 0 Å². The van der Waals surface area contributed by atoms with E-state index in [0.29, 0.717) is 42.6 Å². The summed E-state index contributed by atoms with van der Waals surface area (Å²) in [4.78, 5) is 53.4. The van der Waals surface area contributed by atoms with Crippen molar-refractivity contribution in [2.75, 3.05) is 23.7 Å². The van der Waals surface area contributed by atoms with Crippen molar-refractivity contribution in [2.24, 2.45) is 0 Å². The van der Waals surface area contributed by atoms with Gasteiger partial charge in [0.05, 0.1) is 16.2 Å². The third-order valence-corrected chi connectivity index (χ3v) is 11.2. The fourth-order valence-corrected chi connectivity index (χ4v) is 8.10. The molecule has 3 aromatic rings. The first-order valence-electron chi connectivity index (χ1n) is 13.8. The Labute approximate surface area is 300 Å². The van der Waals surface area contributed by atoms with Gasteiger partial charge in [-0.15, -0.1) is 16.4 Å². The van der Waals surface area contributed by atoms with Gasteiger partial charge < -0.3 is 14.2 Å². The van der Waals surface area contributed by atoms with Crippen LogP contribution in [0, 0.1) is 0 Å². The molecule has 0 spiro atoms. The Morgan fingerprint density at radius 3 is 2.12 bits per heavy atom. The van der Waals surface area contributed by atoms with Crippen molar-refractivity contribution in [3.63, 3.8) is 0 Å². The molecule has 4 rings (SSSR count). The Morgan fingerprint density at radius 1 is 0.875 bits per heavy atom. The van der Waals surface area contributed by atoms with Crippen LogP contribution in [-0.4, -0.2) is 110 Å². The summed E-state index contributed by atoms with van der Waals surface area (Å²) in [6.45, 7) is 0.461. The van der Waals surface area contributed by atoms with Gasteiger partial charge in [-0.2, -0.15) is 25.3 Å². The van der Waals surface area contributed by atoms with Gasteiger partial charge in [-0.3, -0.25) is 23.2 Å². The number of thiophene rings is 1. The topological polar surface area (TPSA) is 260 Å². The van der Waals surface area contributed by atoms with E-state index in [-0.39, 0.29) is 84.1 Å². The van der Waals surface area contributed by atoms with Crippen LogP contribution in [0.5, 0.6) is 0 Å². The first-order valence-corrected chi connectivity index (χ1v) is 19.1. The molecule has 2 aromatic heterocycles. The van der Waals surface area contributed by atoms with Gasteiger partial charge in [0, 0.05) is 49.5 Å². The number of imide groups is 1. The van der Waals surface area contributed by atoms with Crippen LogP contribution in [0.1, 0.15) is 44.9 Å². The summed E-state index contributed by atoms with van der Waals surface area (Å²) in [6, 6.07) is 6.26. The van der Waals surface area contributed by atoms with Crippen LogP contribution >= 0.6 is 11.3 Å². The second-order valence-electron chi connectivity index (χ2n) is 10.4. The van der Waals surface area contributed by atoms with E-state index < -0.39 is 79.1 Å². The fourth-order valence-electron chi connectivity index (χ4n) is 4.68. The predicted octanol–water partition coefficient (Wildman–Crippen LogP) is 1.62. The number of hydrogen-bond donors (Lipinski definition) is 3. The van der Waals surface area contributed by atoms with Crippen molar-refractivity contribution < 1.29 is 62.5 Å². The Bertz CT molecular complexity index is 2090. The van der Waals surface area contributed by atoms with E-state index in [9.17, 15) is 53.5 Å². The molecular formula is C26H29N2NaO15S4. The monoisotopic (exact) mass is 760 g/mol. The molecule has 48 heavy (non-hydrogen) atoms. The minimum absolute atomic E-state index is 0. The normalized spacial score (nSPS) is 13.9. The van der Waals surface area contributed by atoms with Crippen molar-refractivity contribution in [2.45, 2.75) is 54.1 Å². The Balaban J connectivity index is 0.00000625. The first kappa shape index (κ1) is 39.7. The van der Waals surface area contributed by atoms with E-state index in [1.807, 2.05) is 0 Å². The average Bonchev–Trinajstić information content (AvgIpc) is 3.55. The number of amides is 2. The number of unbranched alkanes of at least 4 members (excludes halogenated alkanes) is 2. The molecule has 0 atom stereocenters. The van der Waals surface area contributed by atoms with Gasteiger partial charge in [0.1, 0.15) is 14.7 Å². The van der Waals surface area contributed by atoms with Gasteiger partial charge in [-0.25, -0.2) is 9.59 Å². The maximum atomic E-state index is 12.9. The summed E-state index contributed by atoms with van der Waals surface area (Å²) in [7, 11) is -14.2. The van der Waals surface area contributed by atoms with E-state index in [4.69, 9.17) is 13.8 Å². The Kier molecular flexibility index (Phi) is 13.1. The summed E-state index contributed by atoms with van der Waals surface area (Å²) in [5.74, 6) is -2.46. The van der Waals surface area contributed by atoms with E-state index in [1.54, 1.807) is 11.0 Å². The number of hydroxylamine groups is 2. The molecule has 2 amide bonds. The van der Waals surface area contributed by atoms with Gasteiger partial charge in [0.25, 0.3) is 32.1 Å².